The summed E-state index contributed by atoms with van der Waals surface area (Å²) in [4.78, 5) is 22.3. The molecule has 25 heavy (non-hydrogen) atoms. The van der Waals surface area contributed by atoms with Crippen molar-refractivity contribution in [2.75, 3.05) is 32.1 Å². The average molecular weight is 461 g/mol. The molecule has 0 atom stereocenters. The molecule has 0 spiro atoms. The molecule has 3 aromatic rings. The summed E-state index contributed by atoms with van der Waals surface area (Å²) < 4.78 is 2.07. The Hall–Kier alpha value is -0.990. The second-order valence-electron chi connectivity index (χ2n) is 5.78. The Kier molecular flexibility index (Phi) is 6.99. The minimum Gasteiger partial charge on any atom is -0.308 e. The lowest BCUT2D eigenvalue weighted by Crippen LogP contribution is -2.36. The van der Waals surface area contributed by atoms with Crippen molar-refractivity contribution < 1.29 is 4.79 Å². The molecule has 0 aliphatic carbocycles. The highest BCUT2D eigenvalue weighted by molar-refractivity contribution is 9.11. The van der Waals surface area contributed by atoms with Crippen LogP contribution in [0.2, 0.25) is 0 Å². The Morgan fingerprint density at radius 1 is 1.16 bits per heavy atom. The van der Waals surface area contributed by atoms with Crippen LogP contribution in [0.1, 0.15) is 15.2 Å². The van der Waals surface area contributed by atoms with Gasteiger partial charge in [-0.2, -0.15) is 0 Å². The van der Waals surface area contributed by atoms with Crippen LogP contribution >= 0.6 is 51.0 Å². The molecule has 1 aromatic carbocycles. The van der Waals surface area contributed by atoms with Crippen LogP contribution in [0.15, 0.2) is 34.1 Å². The first-order valence-electron chi connectivity index (χ1n) is 7.54. The highest BCUT2D eigenvalue weighted by atomic mass is 79.9. The smallest absolute Gasteiger partial charge is 0.270 e. The summed E-state index contributed by atoms with van der Waals surface area (Å²) in [5, 5.41) is 0.760. The molecule has 1 amide bonds. The Bertz CT molecular complexity index is 878. The Morgan fingerprint density at radius 3 is 2.52 bits per heavy atom. The quantitative estimate of drug-likeness (QED) is 0.534. The van der Waals surface area contributed by atoms with E-state index in [0.29, 0.717) is 6.54 Å². The predicted molar refractivity (Wildman–Crippen MR) is 114 cm³/mol. The third kappa shape index (κ3) is 4.60. The van der Waals surface area contributed by atoms with E-state index in [2.05, 4.69) is 26.9 Å². The second kappa shape index (κ2) is 8.60. The summed E-state index contributed by atoms with van der Waals surface area (Å²) in [6.07, 6.45) is 0. The van der Waals surface area contributed by atoms with Gasteiger partial charge in [0.15, 0.2) is 5.13 Å². The lowest BCUT2D eigenvalue weighted by molar-refractivity contribution is 0.0989. The molecule has 0 aliphatic heterocycles. The molecule has 2 aromatic heterocycles. The van der Waals surface area contributed by atoms with Gasteiger partial charge in [0.1, 0.15) is 0 Å². The number of thiophene rings is 1. The van der Waals surface area contributed by atoms with Crippen LogP contribution in [0, 0.1) is 6.92 Å². The lowest BCUT2D eigenvalue weighted by Gasteiger charge is -2.21. The van der Waals surface area contributed by atoms with Crippen LogP contribution in [0.3, 0.4) is 0 Å². The molecular formula is C17H19BrClN3OS2. The van der Waals surface area contributed by atoms with E-state index < -0.39 is 0 Å². The maximum atomic E-state index is 13.0. The molecular weight excluding hydrogens is 442 g/mol. The maximum absolute atomic E-state index is 13.0. The number of aromatic nitrogens is 1. The number of carbonyl (C=O) groups excluding carboxylic acids is 1. The first kappa shape index (κ1) is 20.3. The summed E-state index contributed by atoms with van der Waals surface area (Å²) in [5.74, 6) is 0.00394. The van der Waals surface area contributed by atoms with Gasteiger partial charge in [0, 0.05) is 13.1 Å². The van der Waals surface area contributed by atoms with E-state index in [1.807, 2.05) is 45.3 Å². The Balaban J connectivity index is 0.00000225. The first-order valence-corrected chi connectivity index (χ1v) is 9.96. The van der Waals surface area contributed by atoms with Gasteiger partial charge in [-0.15, -0.1) is 23.7 Å². The van der Waals surface area contributed by atoms with Crippen LogP contribution in [-0.2, 0) is 0 Å². The zero-order valence-corrected chi connectivity index (χ0v) is 18.2. The molecule has 8 heteroatoms. The van der Waals surface area contributed by atoms with Crippen molar-refractivity contribution >= 4 is 72.3 Å². The number of para-hydroxylation sites is 1. The van der Waals surface area contributed by atoms with Crippen LogP contribution in [0.5, 0.6) is 0 Å². The number of rotatable bonds is 5. The van der Waals surface area contributed by atoms with Crippen molar-refractivity contribution in [3.63, 3.8) is 0 Å². The van der Waals surface area contributed by atoms with Gasteiger partial charge in [0.25, 0.3) is 5.91 Å². The van der Waals surface area contributed by atoms with Crippen molar-refractivity contribution in [2.45, 2.75) is 6.92 Å². The molecule has 0 bridgehead atoms. The minimum atomic E-state index is 0. The predicted octanol–water partition coefficient (Wildman–Crippen LogP) is 5.06. The number of hydrogen-bond donors (Lipinski definition) is 0. The Morgan fingerprint density at radius 2 is 1.92 bits per heavy atom. The van der Waals surface area contributed by atoms with Gasteiger partial charge in [0.05, 0.1) is 18.9 Å². The van der Waals surface area contributed by atoms with E-state index >= 15 is 0 Å². The van der Waals surface area contributed by atoms with Gasteiger partial charge in [-0.05, 0) is 60.7 Å². The highest BCUT2D eigenvalue weighted by Gasteiger charge is 2.23. The molecule has 0 unspecified atom stereocenters. The highest BCUT2D eigenvalue weighted by Crippen LogP contribution is 2.32. The molecule has 0 N–H and O–H groups in total. The molecule has 2 heterocycles. The fraction of sp³-hybridized carbons (Fsp3) is 0.294. The maximum Gasteiger partial charge on any atom is 0.270 e. The summed E-state index contributed by atoms with van der Waals surface area (Å²) in [7, 11) is 4.01. The van der Waals surface area contributed by atoms with Crippen molar-refractivity contribution in [1.29, 1.82) is 0 Å². The van der Waals surface area contributed by atoms with E-state index in [-0.39, 0.29) is 18.3 Å². The van der Waals surface area contributed by atoms with Crippen molar-refractivity contribution in [3.05, 3.63) is 44.6 Å². The standard InChI is InChI=1S/C17H18BrN3OS2.ClH/c1-11-5-4-6-12-15(11)19-17(24-12)21(10-9-20(2)3)16(22)13-7-8-14(18)23-13;/h4-8H,9-10H2,1-3H3;1H. The molecule has 134 valence electrons. The minimum absolute atomic E-state index is 0. The van der Waals surface area contributed by atoms with E-state index in [1.54, 1.807) is 16.2 Å². The topological polar surface area (TPSA) is 36.4 Å². The third-order valence-electron chi connectivity index (χ3n) is 3.64. The van der Waals surface area contributed by atoms with E-state index in [0.717, 1.165) is 36.1 Å². The molecule has 0 aliphatic rings. The molecule has 0 fully saturated rings. The number of anilines is 1. The number of aryl methyl sites for hydroxylation is 1. The van der Waals surface area contributed by atoms with E-state index in [9.17, 15) is 4.79 Å². The summed E-state index contributed by atoms with van der Waals surface area (Å²) >= 11 is 6.45. The van der Waals surface area contributed by atoms with Crippen molar-refractivity contribution in [2.24, 2.45) is 0 Å². The zero-order chi connectivity index (χ0) is 17.3. The normalized spacial score (nSPS) is 10.9. The number of likely N-dealkylation sites (N-methyl/N-ethyl adjacent to an activating group) is 1. The Labute approximate surface area is 170 Å². The number of hydrogen-bond acceptors (Lipinski definition) is 5. The van der Waals surface area contributed by atoms with Gasteiger partial charge >= 0.3 is 0 Å². The lowest BCUT2D eigenvalue weighted by atomic mass is 10.2. The summed E-state index contributed by atoms with van der Waals surface area (Å²) in [5.41, 5.74) is 2.11. The van der Waals surface area contributed by atoms with Gasteiger partial charge in [-0.1, -0.05) is 23.5 Å². The number of thiazole rings is 1. The second-order valence-corrected chi connectivity index (χ2v) is 9.25. The number of halogens is 2. The van der Waals surface area contributed by atoms with Gasteiger partial charge in [0.2, 0.25) is 0 Å². The average Bonchev–Trinajstić information content (AvgIpc) is 3.14. The van der Waals surface area contributed by atoms with Gasteiger partial charge in [-0.25, -0.2) is 4.98 Å². The number of fused-ring (bicyclic) bond motifs is 1. The largest absolute Gasteiger partial charge is 0.308 e. The monoisotopic (exact) mass is 459 g/mol. The van der Waals surface area contributed by atoms with E-state index in [1.165, 1.54) is 11.3 Å². The fourth-order valence-electron chi connectivity index (χ4n) is 2.34. The summed E-state index contributed by atoms with van der Waals surface area (Å²) in [6.45, 7) is 3.45. The number of nitrogens with zero attached hydrogens (tertiary/aromatic N) is 3. The number of carbonyl (C=O) groups is 1. The van der Waals surface area contributed by atoms with E-state index in [4.69, 9.17) is 4.98 Å². The molecule has 0 radical (unpaired) electrons. The SMILES string of the molecule is Cc1cccc2sc(N(CCN(C)C)C(=O)c3ccc(Br)s3)nc12.Cl. The van der Waals surface area contributed by atoms with Crippen molar-refractivity contribution in [3.8, 4) is 0 Å². The molecule has 4 nitrogen and oxygen atoms in total. The van der Waals surface area contributed by atoms with Crippen LogP contribution < -0.4 is 4.90 Å². The molecule has 0 saturated carbocycles. The van der Waals surface area contributed by atoms with Crippen molar-refractivity contribution in [1.82, 2.24) is 9.88 Å². The van der Waals surface area contributed by atoms with Crippen LogP contribution in [-0.4, -0.2) is 43.0 Å². The number of benzene rings is 1. The third-order valence-corrected chi connectivity index (χ3v) is 6.30. The first-order chi connectivity index (χ1) is 11.5. The van der Waals surface area contributed by atoms with Gasteiger partial charge in [-0.3, -0.25) is 9.69 Å². The number of amides is 1. The fourth-order valence-corrected chi connectivity index (χ4v) is 4.74. The van der Waals surface area contributed by atoms with Crippen LogP contribution in [0.25, 0.3) is 10.2 Å². The van der Waals surface area contributed by atoms with Crippen LogP contribution in [0.4, 0.5) is 5.13 Å². The molecule has 0 saturated heterocycles. The molecule has 3 rings (SSSR count). The summed E-state index contributed by atoms with van der Waals surface area (Å²) in [6, 6.07) is 9.90. The van der Waals surface area contributed by atoms with Gasteiger partial charge < -0.3 is 4.90 Å². The zero-order valence-electron chi connectivity index (χ0n) is 14.2.